The van der Waals surface area contributed by atoms with Gasteiger partial charge in [0.1, 0.15) is 10.5 Å². The number of H-pyrrole nitrogens is 1. The molecule has 0 saturated heterocycles. The Kier molecular flexibility index (Phi) is 4.26. The molecule has 0 atom stereocenters. The summed E-state index contributed by atoms with van der Waals surface area (Å²) in [7, 11) is 0. The maximum Gasteiger partial charge on any atom is 0.129 e. The van der Waals surface area contributed by atoms with Gasteiger partial charge in [0.25, 0.3) is 0 Å². The van der Waals surface area contributed by atoms with Gasteiger partial charge in [-0.15, -0.1) is 0 Å². The van der Waals surface area contributed by atoms with E-state index in [9.17, 15) is 0 Å². The van der Waals surface area contributed by atoms with E-state index in [4.69, 9.17) is 12.2 Å². The molecule has 0 aliphatic carbocycles. The Balaban J connectivity index is 2.90. The van der Waals surface area contributed by atoms with E-state index in [2.05, 4.69) is 30.7 Å². The van der Waals surface area contributed by atoms with E-state index < -0.39 is 0 Å². The first-order valence-electron chi connectivity index (χ1n) is 5.23. The molecule has 0 aliphatic heterocycles. The van der Waals surface area contributed by atoms with Crippen LogP contribution in [-0.2, 0) is 6.42 Å². The van der Waals surface area contributed by atoms with Gasteiger partial charge in [0, 0.05) is 12.1 Å². The highest BCUT2D eigenvalue weighted by Gasteiger charge is 2.02. The number of nitrogens with one attached hydrogen (secondary N) is 1. The monoisotopic (exact) mass is 210 g/mol. The van der Waals surface area contributed by atoms with Gasteiger partial charge < -0.3 is 4.98 Å². The maximum atomic E-state index is 5.13. The molecule has 0 aromatic carbocycles. The zero-order valence-corrected chi connectivity index (χ0v) is 9.95. The number of hydrogen-bond donors (Lipinski definition) is 1. The molecule has 0 amide bonds. The second-order valence-corrected chi connectivity index (χ2v) is 4.30. The molecule has 78 valence electrons. The predicted octanol–water partition coefficient (Wildman–Crippen LogP) is 3.61. The largest absolute Gasteiger partial charge is 0.347 e. The molecule has 0 fully saturated rings. The molecule has 1 aromatic rings. The molecule has 1 heterocycles. The lowest BCUT2D eigenvalue weighted by Crippen LogP contribution is -2.01. The van der Waals surface area contributed by atoms with Crippen LogP contribution < -0.4 is 0 Å². The highest BCUT2D eigenvalue weighted by atomic mass is 32.1. The van der Waals surface area contributed by atoms with Gasteiger partial charge >= 0.3 is 0 Å². The Morgan fingerprint density at radius 3 is 2.79 bits per heavy atom. The Labute approximate surface area is 90.8 Å². The van der Waals surface area contributed by atoms with E-state index in [1.807, 2.05) is 6.07 Å². The Morgan fingerprint density at radius 2 is 2.21 bits per heavy atom. The smallest absolute Gasteiger partial charge is 0.129 e. The summed E-state index contributed by atoms with van der Waals surface area (Å²) < 4.78 is 0.707. The zero-order chi connectivity index (χ0) is 10.6. The maximum absolute atomic E-state index is 5.13. The van der Waals surface area contributed by atoms with Crippen LogP contribution in [0, 0.1) is 4.64 Å². The fourth-order valence-electron chi connectivity index (χ4n) is 1.30. The first-order chi connectivity index (χ1) is 6.63. The number of unbranched alkanes of at least 4 members (excludes halogenated alkanes) is 1. The number of aryl methyl sites for hydroxylation is 1. The van der Waals surface area contributed by atoms with E-state index >= 15 is 0 Å². The van der Waals surface area contributed by atoms with E-state index in [1.165, 1.54) is 18.5 Å². The first kappa shape index (κ1) is 11.4. The van der Waals surface area contributed by atoms with Crippen LogP contribution in [0.2, 0.25) is 0 Å². The SMILES string of the molecule is CCCCc1nc(=S)cc(C(C)C)[nH]1. The Morgan fingerprint density at radius 1 is 1.50 bits per heavy atom. The second-order valence-electron chi connectivity index (χ2n) is 3.88. The molecule has 0 aliphatic rings. The minimum atomic E-state index is 0.486. The lowest BCUT2D eigenvalue weighted by Gasteiger charge is -2.07. The number of rotatable bonds is 4. The molecule has 0 spiro atoms. The Hall–Kier alpha value is -0.700. The third-order valence-electron chi connectivity index (χ3n) is 2.20. The molecule has 0 unspecified atom stereocenters. The summed E-state index contributed by atoms with van der Waals surface area (Å²) in [5, 5.41) is 0. The lowest BCUT2D eigenvalue weighted by atomic mass is 10.1. The van der Waals surface area contributed by atoms with Crippen molar-refractivity contribution in [2.75, 3.05) is 0 Å². The van der Waals surface area contributed by atoms with Crippen molar-refractivity contribution in [1.29, 1.82) is 0 Å². The fraction of sp³-hybridized carbons (Fsp3) is 0.636. The standard InChI is InChI=1S/C11H18N2S/c1-4-5-6-10-12-9(8(2)3)7-11(14)13-10/h7-8H,4-6H2,1-3H3,(H,12,13,14). The van der Waals surface area contributed by atoms with Crippen LogP contribution >= 0.6 is 12.2 Å². The molecule has 0 saturated carbocycles. The molecule has 0 bridgehead atoms. The molecule has 1 aromatic heterocycles. The van der Waals surface area contributed by atoms with E-state index in [1.54, 1.807) is 0 Å². The van der Waals surface area contributed by atoms with Crippen molar-refractivity contribution in [1.82, 2.24) is 9.97 Å². The van der Waals surface area contributed by atoms with Crippen LogP contribution in [0.1, 0.15) is 51.0 Å². The summed E-state index contributed by atoms with van der Waals surface area (Å²) in [6.07, 6.45) is 3.36. The summed E-state index contributed by atoms with van der Waals surface area (Å²) in [4.78, 5) is 7.65. The van der Waals surface area contributed by atoms with Gasteiger partial charge in [0.05, 0.1) is 0 Å². The van der Waals surface area contributed by atoms with E-state index in [-0.39, 0.29) is 0 Å². The number of nitrogens with zero attached hydrogens (tertiary/aromatic N) is 1. The highest BCUT2D eigenvalue weighted by molar-refractivity contribution is 7.71. The third-order valence-corrected chi connectivity index (χ3v) is 2.41. The van der Waals surface area contributed by atoms with Gasteiger partial charge in [0.2, 0.25) is 0 Å². The molecule has 1 rings (SSSR count). The van der Waals surface area contributed by atoms with Crippen molar-refractivity contribution in [3.63, 3.8) is 0 Å². The van der Waals surface area contributed by atoms with Crippen molar-refractivity contribution in [2.24, 2.45) is 0 Å². The summed E-state index contributed by atoms with van der Waals surface area (Å²) >= 11 is 5.13. The number of hydrogen-bond acceptors (Lipinski definition) is 2. The molecule has 2 nitrogen and oxygen atoms in total. The van der Waals surface area contributed by atoms with E-state index in [0.29, 0.717) is 10.6 Å². The molecule has 3 heteroatoms. The third kappa shape index (κ3) is 3.22. The average molecular weight is 210 g/mol. The van der Waals surface area contributed by atoms with Gasteiger partial charge in [-0.3, -0.25) is 0 Å². The van der Waals surface area contributed by atoms with Crippen LogP contribution in [0.25, 0.3) is 0 Å². The number of aromatic amines is 1. The van der Waals surface area contributed by atoms with Crippen LogP contribution in [0.15, 0.2) is 6.07 Å². The topological polar surface area (TPSA) is 28.7 Å². The van der Waals surface area contributed by atoms with Gasteiger partial charge in [-0.25, -0.2) is 4.98 Å². The Bertz CT molecular complexity index is 341. The number of aromatic nitrogens is 2. The van der Waals surface area contributed by atoms with Gasteiger partial charge in [0.15, 0.2) is 0 Å². The fourth-order valence-corrected chi connectivity index (χ4v) is 1.54. The summed E-state index contributed by atoms with van der Waals surface area (Å²) in [5.74, 6) is 1.52. The molecular weight excluding hydrogens is 192 g/mol. The van der Waals surface area contributed by atoms with Crippen molar-refractivity contribution in [3.8, 4) is 0 Å². The minimum Gasteiger partial charge on any atom is -0.347 e. The van der Waals surface area contributed by atoms with Crippen molar-refractivity contribution in [3.05, 3.63) is 22.2 Å². The summed E-state index contributed by atoms with van der Waals surface area (Å²) in [5.41, 5.74) is 1.19. The van der Waals surface area contributed by atoms with E-state index in [0.717, 1.165) is 12.2 Å². The van der Waals surface area contributed by atoms with Gasteiger partial charge in [-0.2, -0.15) is 0 Å². The normalized spacial score (nSPS) is 10.9. The van der Waals surface area contributed by atoms with Crippen LogP contribution in [0.5, 0.6) is 0 Å². The average Bonchev–Trinajstić information content (AvgIpc) is 2.14. The van der Waals surface area contributed by atoms with Crippen molar-refractivity contribution < 1.29 is 0 Å². The van der Waals surface area contributed by atoms with Crippen molar-refractivity contribution >= 4 is 12.2 Å². The van der Waals surface area contributed by atoms with Crippen LogP contribution in [-0.4, -0.2) is 9.97 Å². The first-order valence-corrected chi connectivity index (χ1v) is 5.64. The van der Waals surface area contributed by atoms with Crippen molar-refractivity contribution in [2.45, 2.75) is 46.0 Å². The zero-order valence-electron chi connectivity index (χ0n) is 9.13. The van der Waals surface area contributed by atoms with Gasteiger partial charge in [-0.1, -0.05) is 39.4 Å². The molecular formula is C11H18N2S. The molecule has 0 radical (unpaired) electrons. The van der Waals surface area contributed by atoms with Crippen LogP contribution in [0.4, 0.5) is 0 Å². The molecule has 14 heavy (non-hydrogen) atoms. The summed E-state index contributed by atoms with van der Waals surface area (Å²) in [6, 6.07) is 1.95. The summed E-state index contributed by atoms with van der Waals surface area (Å²) in [6.45, 7) is 6.50. The van der Waals surface area contributed by atoms with Crippen LogP contribution in [0.3, 0.4) is 0 Å². The second kappa shape index (κ2) is 5.25. The predicted molar refractivity (Wildman–Crippen MR) is 62.1 cm³/mol. The quantitative estimate of drug-likeness (QED) is 0.769. The molecule has 1 N–H and O–H groups in total. The van der Waals surface area contributed by atoms with Gasteiger partial charge in [-0.05, 0) is 18.4 Å². The lowest BCUT2D eigenvalue weighted by molar-refractivity contribution is 0.723. The highest BCUT2D eigenvalue weighted by Crippen LogP contribution is 2.11. The minimum absolute atomic E-state index is 0.486.